The molecule has 1 heterocycles. The molecule has 1 saturated heterocycles. The van der Waals surface area contributed by atoms with Gasteiger partial charge in [0.05, 0.1) is 6.54 Å². The molecule has 1 fully saturated rings. The third kappa shape index (κ3) is 3.52. The van der Waals surface area contributed by atoms with Crippen LogP contribution in [-0.4, -0.2) is 46.7 Å². The minimum absolute atomic E-state index is 0.0144. The highest BCUT2D eigenvalue weighted by Gasteiger charge is 2.44. The average molecular weight is 292 g/mol. The van der Waals surface area contributed by atoms with Crippen molar-refractivity contribution in [3.63, 3.8) is 0 Å². The van der Waals surface area contributed by atoms with Crippen LogP contribution in [0.5, 0.6) is 5.75 Å². The lowest BCUT2D eigenvalue weighted by molar-refractivity contribution is -0.131. The molecule has 6 heteroatoms. The number of aryl methyl sites for hydroxylation is 1. The van der Waals surface area contributed by atoms with Crippen LogP contribution in [0.4, 0.5) is 4.79 Å². The third-order valence-corrected chi connectivity index (χ3v) is 3.30. The maximum atomic E-state index is 12.0. The first-order valence-corrected chi connectivity index (χ1v) is 6.81. The number of amides is 3. The van der Waals surface area contributed by atoms with E-state index in [1.165, 1.54) is 0 Å². The standard InChI is InChI=1S/C15H20N2O4/c1-10-4-6-12(7-5-10)21-9-11(18)8-17-13(19)15(2,3)16-14(17)20/h4-7,11,18H,8-9H2,1-3H3,(H,16,20). The van der Waals surface area contributed by atoms with E-state index in [0.29, 0.717) is 5.75 Å². The Morgan fingerprint density at radius 3 is 2.43 bits per heavy atom. The van der Waals surface area contributed by atoms with Crippen molar-refractivity contribution in [2.75, 3.05) is 13.2 Å². The molecular formula is C15H20N2O4. The first-order chi connectivity index (χ1) is 9.79. The van der Waals surface area contributed by atoms with E-state index >= 15 is 0 Å². The Labute approximate surface area is 123 Å². The molecule has 1 aliphatic rings. The van der Waals surface area contributed by atoms with Crippen molar-refractivity contribution in [2.24, 2.45) is 0 Å². The molecule has 0 aromatic heterocycles. The molecule has 0 spiro atoms. The second-order valence-electron chi connectivity index (χ2n) is 5.75. The van der Waals surface area contributed by atoms with Gasteiger partial charge in [-0.1, -0.05) is 17.7 Å². The number of urea groups is 1. The van der Waals surface area contributed by atoms with E-state index in [1.807, 2.05) is 19.1 Å². The number of imide groups is 1. The van der Waals surface area contributed by atoms with E-state index in [9.17, 15) is 14.7 Å². The van der Waals surface area contributed by atoms with Gasteiger partial charge in [-0.05, 0) is 32.9 Å². The summed E-state index contributed by atoms with van der Waals surface area (Å²) in [4.78, 5) is 24.7. The van der Waals surface area contributed by atoms with Crippen LogP contribution in [0.2, 0.25) is 0 Å². The van der Waals surface area contributed by atoms with Crippen LogP contribution in [0.3, 0.4) is 0 Å². The number of aliphatic hydroxyl groups is 1. The van der Waals surface area contributed by atoms with Gasteiger partial charge < -0.3 is 15.2 Å². The summed E-state index contributed by atoms with van der Waals surface area (Å²) >= 11 is 0. The van der Waals surface area contributed by atoms with Crippen LogP contribution in [-0.2, 0) is 4.79 Å². The van der Waals surface area contributed by atoms with Crippen molar-refractivity contribution in [2.45, 2.75) is 32.4 Å². The molecule has 1 aromatic rings. The highest BCUT2D eigenvalue weighted by Crippen LogP contribution is 2.17. The van der Waals surface area contributed by atoms with Gasteiger partial charge in [0, 0.05) is 0 Å². The maximum Gasteiger partial charge on any atom is 0.325 e. The predicted octanol–water partition coefficient (Wildman–Crippen LogP) is 1.07. The SMILES string of the molecule is Cc1ccc(OCC(O)CN2C(=O)NC(C)(C)C2=O)cc1. The van der Waals surface area contributed by atoms with Crippen LogP contribution in [0.1, 0.15) is 19.4 Å². The zero-order valence-electron chi connectivity index (χ0n) is 12.4. The van der Waals surface area contributed by atoms with Crippen LogP contribution in [0.15, 0.2) is 24.3 Å². The number of nitrogens with one attached hydrogen (secondary N) is 1. The number of β-amino-alcohol motifs (C(OH)–C–C–N with tert-alkyl or cyclic N) is 1. The van der Waals surface area contributed by atoms with Crippen molar-refractivity contribution in [1.82, 2.24) is 10.2 Å². The first kappa shape index (κ1) is 15.3. The van der Waals surface area contributed by atoms with E-state index in [-0.39, 0.29) is 19.1 Å². The van der Waals surface area contributed by atoms with E-state index < -0.39 is 17.7 Å². The lowest BCUT2D eigenvalue weighted by Gasteiger charge is -2.19. The van der Waals surface area contributed by atoms with Crippen LogP contribution in [0, 0.1) is 6.92 Å². The topological polar surface area (TPSA) is 78.9 Å². The van der Waals surface area contributed by atoms with Gasteiger partial charge in [0.25, 0.3) is 5.91 Å². The monoisotopic (exact) mass is 292 g/mol. The lowest BCUT2D eigenvalue weighted by atomic mass is 10.1. The number of ether oxygens (including phenoxy) is 1. The largest absolute Gasteiger partial charge is 0.491 e. The third-order valence-electron chi connectivity index (χ3n) is 3.30. The van der Waals surface area contributed by atoms with Gasteiger partial charge in [-0.3, -0.25) is 9.69 Å². The number of carbonyl (C=O) groups is 2. The van der Waals surface area contributed by atoms with Gasteiger partial charge in [0.15, 0.2) is 0 Å². The van der Waals surface area contributed by atoms with Gasteiger partial charge in [-0.2, -0.15) is 0 Å². The Balaban J connectivity index is 1.87. The normalized spacial score (nSPS) is 18.6. The Hall–Kier alpha value is -2.08. The molecule has 114 valence electrons. The molecule has 1 unspecified atom stereocenters. The van der Waals surface area contributed by atoms with Gasteiger partial charge in [0.2, 0.25) is 0 Å². The number of hydrogen-bond donors (Lipinski definition) is 2. The van der Waals surface area contributed by atoms with E-state index in [1.54, 1.807) is 26.0 Å². The lowest BCUT2D eigenvalue weighted by Crippen LogP contribution is -2.42. The zero-order valence-corrected chi connectivity index (χ0v) is 12.4. The highest BCUT2D eigenvalue weighted by molar-refractivity contribution is 6.06. The predicted molar refractivity (Wildman–Crippen MR) is 77.0 cm³/mol. The molecule has 2 rings (SSSR count). The summed E-state index contributed by atoms with van der Waals surface area (Å²) in [6, 6.07) is 6.93. The second-order valence-corrected chi connectivity index (χ2v) is 5.75. The van der Waals surface area contributed by atoms with Crippen LogP contribution < -0.4 is 10.1 Å². The maximum absolute atomic E-state index is 12.0. The minimum atomic E-state index is -0.935. The molecule has 0 radical (unpaired) electrons. The minimum Gasteiger partial charge on any atom is -0.491 e. The number of aliphatic hydroxyl groups excluding tert-OH is 1. The summed E-state index contributed by atoms with van der Waals surface area (Å²) in [7, 11) is 0. The number of benzene rings is 1. The van der Waals surface area contributed by atoms with E-state index in [2.05, 4.69) is 5.32 Å². The molecule has 0 saturated carbocycles. The number of nitrogens with zero attached hydrogens (tertiary/aromatic N) is 1. The fourth-order valence-electron chi connectivity index (χ4n) is 2.07. The van der Waals surface area contributed by atoms with Gasteiger partial charge in [-0.25, -0.2) is 4.79 Å². The molecule has 2 N–H and O–H groups in total. The summed E-state index contributed by atoms with van der Waals surface area (Å²) in [5.41, 5.74) is 0.193. The van der Waals surface area contributed by atoms with Gasteiger partial charge in [-0.15, -0.1) is 0 Å². The molecule has 1 atom stereocenters. The summed E-state index contributed by atoms with van der Waals surface area (Å²) in [5, 5.41) is 12.5. The fourth-order valence-corrected chi connectivity index (χ4v) is 2.07. The molecule has 1 aromatic carbocycles. The Morgan fingerprint density at radius 2 is 1.90 bits per heavy atom. The molecule has 0 aliphatic carbocycles. The van der Waals surface area contributed by atoms with E-state index in [0.717, 1.165) is 10.5 Å². The second kappa shape index (κ2) is 5.73. The van der Waals surface area contributed by atoms with Gasteiger partial charge in [0.1, 0.15) is 24.0 Å². The Bertz CT molecular complexity index is 539. The summed E-state index contributed by atoms with van der Waals surface area (Å²) in [6.07, 6.45) is -0.935. The molecule has 1 aliphatic heterocycles. The quantitative estimate of drug-likeness (QED) is 0.796. The van der Waals surface area contributed by atoms with Crippen LogP contribution in [0.25, 0.3) is 0 Å². The van der Waals surface area contributed by atoms with Crippen molar-refractivity contribution < 1.29 is 19.4 Å². The molecule has 3 amide bonds. The number of hydrogen-bond acceptors (Lipinski definition) is 4. The molecule has 0 bridgehead atoms. The number of carbonyl (C=O) groups excluding carboxylic acids is 2. The number of rotatable bonds is 5. The summed E-state index contributed by atoms with van der Waals surface area (Å²) < 4.78 is 5.44. The Morgan fingerprint density at radius 1 is 1.29 bits per heavy atom. The summed E-state index contributed by atoms with van der Waals surface area (Å²) in [5.74, 6) is 0.291. The first-order valence-electron chi connectivity index (χ1n) is 6.81. The molecular weight excluding hydrogens is 272 g/mol. The zero-order chi connectivity index (χ0) is 15.6. The highest BCUT2D eigenvalue weighted by atomic mass is 16.5. The van der Waals surface area contributed by atoms with E-state index in [4.69, 9.17) is 4.74 Å². The average Bonchev–Trinajstić information content (AvgIpc) is 2.60. The van der Waals surface area contributed by atoms with Crippen molar-refractivity contribution in [3.05, 3.63) is 29.8 Å². The van der Waals surface area contributed by atoms with Crippen molar-refractivity contribution in [1.29, 1.82) is 0 Å². The molecule has 6 nitrogen and oxygen atoms in total. The smallest absolute Gasteiger partial charge is 0.325 e. The van der Waals surface area contributed by atoms with Crippen molar-refractivity contribution in [3.8, 4) is 5.75 Å². The summed E-state index contributed by atoms with van der Waals surface area (Å²) in [6.45, 7) is 5.16. The van der Waals surface area contributed by atoms with Gasteiger partial charge >= 0.3 is 6.03 Å². The Kier molecular flexibility index (Phi) is 4.18. The molecule has 21 heavy (non-hydrogen) atoms. The fraction of sp³-hybridized carbons (Fsp3) is 0.467. The van der Waals surface area contributed by atoms with Crippen molar-refractivity contribution >= 4 is 11.9 Å². The van der Waals surface area contributed by atoms with Crippen LogP contribution >= 0.6 is 0 Å².